The largest absolute Gasteiger partial charge is 0.491 e. The number of imidazole rings is 1. The van der Waals surface area contributed by atoms with Gasteiger partial charge in [-0.25, -0.2) is 4.98 Å². The van der Waals surface area contributed by atoms with Gasteiger partial charge in [0.2, 0.25) is 0 Å². The van der Waals surface area contributed by atoms with Gasteiger partial charge in [0.25, 0.3) is 0 Å². The number of aromatic nitrogens is 2. The number of nitrogens with one attached hydrogen (secondary N) is 1. The first kappa shape index (κ1) is 21.8. The standard InChI is InChI=1S/C21H24ClN3O.C2H6/c1-5-19-21(25-13-17(22)8-11-20(25)24-19)15(4)23-12-16-6-9-18(10-7-16)26-14(2)3;1-2/h6-11,13-14,23H,4-5,12H2,1-3H3;1-2H3. The number of benzene rings is 1. The number of halogens is 1. The van der Waals surface area contributed by atoms with Crippen molar-refractivity contribution in [2.45, 2.75) is 53.7 Å². The third-order valence-electron chi connectivity index (χ3n) is 4.08. The van der Waals surface area contributed by atoms with E-state index in [1.165, 1.54) is 0 Å². The van der Waals surface area contributed by atoms with Crippen LogP contribution < -0.4 is 10.1 Å². The van der Waals surface area contributed by atoms with Gasteiger partial charge in [0.1, 0.15) is 11.4 Å². The fourth-order valence-electron chi connectivity index (χ4n) is 2.88. The maximum atomic E-state index is 6.16. The van der Waals surface area contributed by atoms with Crippen LogP contribution in [-0.4, -0.2) is 15.5 Å². The third-order valence-corrected chi connectivity index (χ3v) is 4.30. The van der Waals surface area contributed by atoms with E-state index in [9.17, 15) is 0 Å². The Labute approximate surface area is 173 Å². The van der Waals surface area contributed by atoms with Crippen LogP contribution >= 0.6 is 11.6 Å². The Bertz CT molecular complexity index is 913. The quantitative estimate of drug-likeness (QED) is 0.519. The summed E-state index contributed by atoms with van der Waals surface area (Å²) in [6, 6.07) is 11.9. The molecule has 0 saturated carbocycles. The van der Waals surface area contributed by atoms with Crippen molar-refractivity contribution in [2.24, 2.45) is 0 Å². The van der Waals surface area contributed by atoms with Gasteiger partial charge in [0.15, 0.2) is 0 Å². The van der Waals surface area contributed by atoms with E-state index in [4.69, 9.17) is 16.3 Å². The number of aryl methyl sites for hydroxylation is 1. The summed E-state index contributed by atoms with van der Waals surface area (Å²) in [6.45, 7) is 15.0. The highest BCUT2D eigenvalue weighted by atomic mass is 35.5. The zero-order valence-corrected chi connectivity index (χ0v) is 18.2. The molecule has 0 radical (unpaired) electrons. The number of hydrogen-bond donors (Lipinski definition) is 1. The van der Waals surface area contributed by atoms with Crippen molar-refractivity contribution in [1.82, 2.24) is 14.7 Å². The molecule has 0 aliphatic carbocycles. The van der Waals surface area contributed by atoms with Crippen LogP contribution in [0.2, 0.25) is 5.02 Å². The van der Waals surface area contributed by atoms with Gasteiger partial charge in [-0.05, 0) is 50.1 Å². The Morgan fingerprint density at radius 1 is 1.18 bits per heavy atom. The fraction of sp³-hybridized carbons (Fsp3) is 0.348. The molecule has 1 N–H and O–H groups in total. The van der Waals surface area contributed by atoms with Crippen LogP contribution in [0.25, 0.3) is 11.3 Å². The number of hydrogen-bond acceptors (Lipinski definition) is 3. The predicted molar refractivity (Wildman–Crippen MR) is 119 cm³/mol. The van der Waals surface area contributed by atoms with Crippen molar-refractivity contribution in [3.05, 3.63) is 71.1 Å². The van der Waals surface area contributed by atoms with Crippen molar-refractivity contribution in [2.75, 3.05) is 0 Å². The molecule has 2 aromatic heterocycles. The second kappa shape index (κ2) is 10.2. The average Bonchev–Trinajstić information content (AvgIpc) is 3.06. The molecule has 0 bridgehead atoms. The van der Waals surface area contributed by atoms with Gasteiger partial charge < -0.3 is 10.1 Å². The molecule has 5 heteroatoms. The van der Waals surface area contributed by atoms with Gasteiger partial charge in [-0.1, -0.05) is 51.1 Å². The van der Waals surface area contributed by atoms with Gasteiger partial charge in [-0.15, -0.1) is 0 Å². The van der Waals surface area contributed by atoms with E-state index in [1.54, 1.807) is 0 Å². The first-order valence-corrected chi connectivity index (χ1v) is 10.2. The van der Waals surface area contributed by atoms with Crippen LogP contribution in [0.15, 0.2) is 49.2 Å². The van der Waals surface area contributed by atoms with Gasteiger partial charge in [-0.3, -0.25) is 4.40 Å². The molecule has 0 amide bonds. The highest BCUT2D eigenvalue weighted by molar-refractivity contribution is 6.30. The van der Waals surface area contributed by atoms with E-state index < -0.39 is 0 Å². The van der Waals surface area contributed by atoms with Crippen LogP contribution in [0.3, 0.4) is 0 Å². The van der Waals surface area contributed by atoms with E-state index in [0.29, 0.717) is 11.6 Å². The monoisotopic (exact) mass is 399 g/mol. The minimum absolute atomic E-state index is 0.174. The summed E-state index contributed by atoms with van der Waals surface area (Å²) in [5.41, 5.74) is 4.85. The molecule has 1 aromatic carbocycles. The van der Waals surface area contributed by atoms with Gasteiger partial charge in [0.05, 0.1) is 28.2 Å². The summed E-state index contributed by atoms with van der Waals surface area (Å²) in [5, 5.41) is 4.08. The molecule has 0 aliphatic rings. The molecule has 0 saturated heterocycles. The molecule has 28 heavy (non-hydrogen) atoms. The summed E-state index contributed by atoms with van der Waals surface area (Å²) in [5.74, 6) is 0.882. The number of fused-ring (bicyclic) bond motifs is 1. The van der Waals surface area contributed by atoms with Crippen LogP contribution in [-0.2, 0) is 13.0 Å². The lowest BCUT2D eigenvalue weighted by Gasteiger charge is -2.13. The maximum absolute atomic E-state index is 6.16. The molecule has 3 aromatic rings. The van der Waals surface area contributed by atoms with Crippen molar-refractivity contribution in [1.29, 1.82) is 0 Å². The Kier molecular flexibility index (Phi) is 7.94. The molecular formula is C23H30ClN3O. The smallest absolute Gasteiger partial charge is 0.137 e. The molecule has 3 rings (SSSR count). The average molecular weight is 400 g/mol. The molecule has 0 fully saturated rings. The van der Waals surface area contributed by atoms with Crippen LogP contribution in [0.1, 0.15) is 51.6 Å². The normalized spacial score (nSPS) is 10.5. The third kappa shape index (κ3) is 5.29. The van der Waals surface area contributed by atoms with Crippen LogP contribution in [0.4, 0.5) is 0 Å². The number of nitrogens with zero attached hydrogens (tertiary/aromatic N) is 2. The molecule has 0 unspecified atom stereocenters. The van der Waals surface area contributed by atoms with E-state index in [0.717, 1.165) is 40.5 Å². The molecule has 0 aliphatic heterocycles. The highest BCUT2D eigenvalue weighted by Crippen LogP contribution is 2.22. The Morgan fingerprint density at radius 2 is 1.86 bits per heavy atom. The minimum atomic E-state index is 0.174. The number of rotatable bonds is 7. The zero-order chi connectivity index (χ0) is 20.7. The molecule has 4 nitrogen and oxygen atoms in total. The first-order valence-electron chi connectivity index (χ1n) is 9.83. The Hall–Kier alpha value is -2.46. The Balaban J connectivity index is 0.00000136. The van der Waals surface area contributed by atoms with Gasteiger partial charge in [-0.2, -0.15) is 0 Å². The molecule has 2 heterocycles. The van der Waals surface area contributed by atoms with Crippen LogP contribution in [0.5, 0.6) is 5.75 Å². The van der Waals surface area contributed by atoms with Crippen LogP contribution in [0, 0.1) is 0 Å². The summed E-state index contributed by atoms with van der Waals surface area (Å²) in [7, 11) is 0. The first-order chi connectivity index (χ1) is 13.5. The highest BCUT2D eigenvalue weighted by Gasteiger charge is 2.14. The second-order valence-electron chi connectivity index (χ2n) is 6.48. The predicted octanol–water partition coefficient (Wildman–Crippen LogP) is 6.12. The van der Waals surface area contributed by atoms with E-state index >= 15 is 0 Å². The van der Waals surface area contributed by atoms with Crippen molar-refractivity contribution >= 4 is 22.9 Å². The number of pyridine rings is 1. The Morgan fingerprint density at radius 3 is 2.46 bits per heavy atom. The van der Waals surface area contributed by atoms with Crippen molar-refractivity contribution < 1.29 is 4.74 Å². The zero-order valence-electron chi connectivity index (χ0n) is 17.4. The summed E-state index contributed by atoms with van der Waals surface area (Å²) < 4.78 is 7.68. The van der Waals surface area contributed by atoms with Gasteiger partial charge in [0, 0.05) is 12.7 Å². The SMILES string of the molecule is C=C(NCc1ccc(OC(C)C)cc1)c1c(CC)nc2ccc(Cl)cn12.CC. The van der Waals surface area contributed by atoms with E-state index in [2.05, 4.69) is 35.9 Å². The topological polar surface area (TPSA) is 38.6 Å². The van der Waals surface area contributed by atoms with Gasteiger partial charge >= 0.3 is 0 Å². The summed E-state index contributed by atoms with van der Waals surface area (Å²) >= 11 is 6.16. The molecular weight excluding hydrogens is 370 g/mol. The molecule has 0 atom stereocenters. The summed E-state index contributed by atoms with van der Waals surface area (Å²) in [4.78, 5) is 4.67. The van der Waals surface area contributed by atoms with Crippen molar-refractivity contribution in [3.8, 4) is 5.75 Å². The van der Waals surface area contributed by atoms with E-state index in [-0.39, 0.29) is 6.10 Å². The molecule has 0 spiro atoms. The maximum Gasteiger partial charge on any atom is 0.137 e. The van der Waals surface area contributed by atoms with E-state index in [1.807, 2.05) is 62.6 Å². The van der Waals surface area contributed by atoms with Crippen molar-refractivity contribution in [3.63, 3.8) is 0 Å². The lowest BCUT2D eigenvalue weighted by molar-refractivity contribution is 0.242. The second-order valence-corrected chi connectivity index (χ2v) is 6.92. The lowest BCUT2D eigenvalue weighted by Crippen LogP contribution is -2.13. The molecule has 150 valence electrons. The lowest BCUT2D eigenvalue weighted by atomic mass is 10.2. The summed E-state index contributed by atoms with van der Waals surface area (Å²) in [6.07, 6.45) is 2.88. The number of ether oxygens (including phenoxy) is 1. The fourth-order valence-corrected chi connectivity index (χ4v) is 3.04. The minimum Gasteiger partial charge on any atom is -0.491 e.